The average Bonchev–Trinajstić information content (AvgIpc) is 2.60. The van der Waals surface area contributed by atoms with Crippen molar-refractivity contribution in [3.8, 4) is 0 Å². The Morgan fingerprint density at radius 1 is 1.04 bits per heavy atom. The number of sulfonamides is 1. The molecule has 1 amide bonds. The number of halogens is 3. The lowest BCUT2D eigenvalue weighted by Gasteiger charge is -2.13. The van der Waals surface area contributed by atoms with E-state index in [9.17, 15) is 26.4 Å². The summed E-state index contributed by atoms with van der Waals surface area (Å²) in [5, 5.41) is 2.27. The average molecular weight is 386 g/mol. The number of nitrogens with one attached hydrogen (secondary N) is 2. The minimum absolute atomic E-state index is 0.0374. The summed E-state index contributed by atoms with van der Waals surface area (Å²) < 4.78 is 64.2. The summed E-state index contributed by atoms with van der Waals surface area (Å²) >= 11 is 0. The highest BCUT2D eigenvalue weighted by molar-refractivity contribution is 7.89. The second-order valence-electron chi connectivity index (χ2n) is 5.44. The molecule has 0 radical (unpaired) electrons. The number of amides is 1. The number of alkyl halides is 3. The van der Waals surface area contributed by atoms with Crippen LogP contribution in [-0.4, -0.2) is 21.4 Å². The van der Waals surface area contributed by atoms with Crippen LogP contribution in [0.4, 0.5) is 18.9 Å². The summed E-state index contributed by atoms with van der Waals surface area (Å²) in [6.45, 7) is 0. The molecule has 0 spiro atoms. The van der Waals surface area contributed by atoms with E-state index < -0.39 is 27.7 Å². The van der Waals surface area contributed by atoms with Crippen molar-refractivity contribution < 1.29 is 26.4 Å². The number of carbonyl (C=O) groups excluding carboxylic acids is 1. The second kappa shape index (κ2) is 7.88. The largest absolute Gasteiger partial charge is 0.418 e. The predicted octanol–water partition coefficient (Wildman–Crippen LogP) is 3.18. The Morgan fingerprint density at radius 3 is 2.23 bits per heavy atom. The Bertz CT molecular complexity index is 879. The molecule has 2 rings (SSSR count). The summed E-state index contributed by atoms with van der Waals surface area (Å²) in [7, 11) is -2.24. The number of hydrogen-bond acceptors (Lipinski definition) is 3. The molecule has 0 aliphatic rings. The second-order valence-corrected chi connectivity index (χ2v) is 7.33. The van der Waals surface area contributed by atoms with E-state index in [0.29, 0.717) is 5.56 Å². The SMILES string of the molecule is CNS(=O)(=O)c1ccc(CCC(=O)Nc2ccccc2C(F)(F)F)cc1. The summed E-state index contributed by atoms with van der Waals surface area (Å²) in [5.41, 5.74) is -0.505. The smallest absolute Gasteiger partial charge is 0.325 e. The minimum atomic E-state index is -4.56. The zero-order chi connectivity index (χ0) is 19.4. The summed E-state index contributed by atoms with van der Waals surface area (Å²) in [6, 6.07) is 10.7. The molecule has 140 valence electrons. The Labute approximate surface area is 149 Å². The van der Waals surface area contributed by atoms with Gasteiger partial charge in [-0.05, 0) is 43.3 Å². The van der Waals surface area contributed by atoms with E-state index in [0.717, 1.165) is 6.07 Å². The van der Waals surface area contributed by atoms with Gasteiger partial charge < -0.3 is 5.32 Å². The van der Waals surface area contributed by atoms with Gasteiger partial charge in [-0.1, -0.05) is 24.3 Å². The molecule has 0 unspecified atom stereocenters. The molecular formula is C17H17F3N2O3S. The minimum Gasteiger partial charge on any atom is -0.325 e. The van der Waals surface area contributed by atoms with Gasteiger partial charge in [-0.25, -0.2) is 13.1 Å². The fourth-order valence-corrected chi connectivity index (χ4v) is 2.99. The van der Waals surface area contributed by atoms with E-state index in [1.165, 1.54) is 37.4 Å². The van der Waals surface area contributed by atoms with E-state index in [-0.39, 0.29) is 23.4 Å². The normalized spacial score (nSPS) is 12.0. The topological polar surface area (TPSA) is 75.3 Å². The predicted molar refractivity (Wildman–Crippen MR) is 91.1 cm³/mol. The van der Waals surface area contributed by atoms with Crippen molar-refractivity contribution in [1.82, 2.24) is 4.72 Å². The maximum atomic E-state index is 12.9. The van der Waals surface area contributed by atoms with Crippen molar-refractivity contribution >= 4 is 21.6 Å². The van der Waals surface area contributed by atoms with Crippen LogP contribution in [0.5, 0.6) is 0 Å². The first-order valence-electron chi connectivity index (χ1n) is 7.62. The molecular weight excluding hydrogens is 369 g/mol. The van der Waals surface area contributed by atoms with Crippen molar-refractivity contribution in [2.24, 2.45) is 0 Å². The molecule has 0 aromatic heterocycles. The van der Waals surface area contributed by atoms with Crippen LogP contribution in [0.2, 0.25) is 0 Å². The molecule has 0 aliphatic heterocycles. The van der Waals surface area contributed by atoms with E-state index in [1.54, 1.807) is 12.1 Å². The number of carbonyl (C=O) groups is 1. The Kier molecular flexibility index (Phi) is 6.04. The number of rotatable bonds is 6. The third-order valence-electron chi connectivity index (χ3n) is 3.65. The maximum Gasteiger partial charge on any atom is 0.418 e. The van der Waals surface area contributed by atoms with Gasteiger partial charge in [0.1, 0.15) is 0 Å². The summed E-state index contributed by atoms with van der Waals surface area (Å²) in [6.07, 6.45) is -4.33. The lowest BCUT2D eigenvalue weighted by atomic mass is 10.1. The van der Waals surface area contributed by atoms with Crippen LogP contribution in [0.1, 0.15) is 17.5 Å². The fourth-order valence-electron chi connectivity index (χ4n) is 2.26. The van der Waals surface area contributed by atoms with Gasteiger partial charge in [-0.15, -0.1) is 0 Å². The van der Waals surface area contributed by atoms with Crippen molar-refractivity contribution in [2.45, 2.75) is 23.9 Å². The van der Waals surface area contributed by atoms with Crippen LogP contribution in [0, 0.1) is 0 Å². The first-order valence-corrected chi connectivity index (χ1v) is 9.10. The molecule has 0 bridgehead atoms. The van der Waals surface area contributed by atoms with Gasteiger partial charge in [-0.3, -0.25) is 4.79 Å². The number of anilines is 1. The fraction of sp³-hybridized carbons (Fsp3) is 0.235. The van der Waals surface area contributed by atoms with Crippen molar-refractivity contribution in [2.75, 3.05) is 12.4 Å². The molecule has 0 saturated carbocycles. The van der Waals surface area contributed by atoms with Crippen LogP contribution in [-0.2, 0) is 27.4 Å². The van der Waals surface area contributed by atoms with Crippen LogP contribution < -0.4 is 10.0 Å². The standard InChI is InChI=1S/C17H17F3N2O3S/c1-21-26(24,25)13-9-6-12(7-10-13)8-11-16(23)22-15-5-3-2-4-14(15)17(18,19)20/h2-7,9-10,21H,8,11H2,1H3,(H,22,23). The third kappa shape index (κ3) is 5.06. The first-order chi connectivity index (χ1) is 12.1. The molecule has 5 nitrogen and oxygen atoms in total. The highest BCUT2D eigenvalue weighted by Crippen LogP contribution is 2.34. The Hall–Kier alpha value is -2.39. The molecule has 0 saturated heterocycles. The molecule has 2 aromatic rings. The maximum absolute atomic E-state index is 12.9. The van der Waals surface area contributed by atoms with E-state index in [2.05, 4.69) is 10.0 Å². The quantitative estimate of drug-likeness (QED) is 0.801. The molecule has 0 heterocycles. The highest BCUT2D eigenvalue weighted by Gasteiger charge is 2.33. The third-order valence-corrected chi connectivity index (χ3v) is 5.08. The van der Waals surface area contributed by atoms with E-state index in [1.807, 2.05) is 0 Å². The Morgan fingerprint density at radius 2 is 1.65 bits per heavy atom. The molecule has 9 heteroatoms. The lowest BCUT2D eigenvalue weighted by molar-refractivity contribution is -0.137. The van der Waals surface area contributed by atoms with Crippen molar-refractivity contribution in [3.05, 3.63) is 59.7 Å². The first kappa shape index (κ1) is 19.9. The van der Waals surface area contributed by atoms with E-state index >= 15 is 0 Å². The van der Waals surface area contributed by atoms with Gasteiger partial charge in [0.25, 0.3) is 0 Å². The zero-order valence-corrected chi connectivity index (χ0v) is 14.6. The summed E-state index contributed by atoms with van der Waals surface area (Å²) in [5.74, 6) is -0.561. The Balaban J connectivity index is 2.00. The zero-order valence-electron chi connectivity index (χ0n) is 13.8. The summed E-state index contributed by atoms with van der Waals surface area (Å²) in [4.78, 5) is 12.0. The van der Waals surface area contributed by atoms with Crippen LogP contribution in [0.3, 0.4) is 0 Å². The molecule has 0 fully saturated rings. The van der Waals surface area contributed by atoms with Crippen molar-refractivity contribution in [3.63, 3.8) is 0 Å². The van der Waals surface area contributed by atoms with Crippen LogP contribution >= 0.6 is 0 Å². The molecule has 2 N–H and O–H groups in total. The molecule has 0 atom stereocenters. The lowest BCUT2D eigenvalue weighted by Crippen LogP contribution is -2.18. The van der Waals surface area contributed by atoms with Crippen molar-refractivity contribution in [1.29, 1.82) is 0 Å². The van der Waals surface area contributed by atoms with Gasteiger partial charge >= 0.3 is 6.18 Å². The van der Waals surface area contributed by atoms with Crippen LogP contribution in [0.25, 0.3) is 0 Å². The number of aryl methyl sites for hydroxylation is 1. The number of hydrogen-bond donors (Lipinski definition) is 2. The van der Waals surface area contributed by atoms with Gasteiger partial charge in [0.05, 0.1) is 16.1 Å². The number of benzene rings is 2. The molecule has 2 aromatic carbocycles. The van der Waals surface area contributed by atoms with Crippen LogP contribution in [0.15, 0.2) is 53.4 Å². The van der Waals surface area contributed by atoms with Gasteiger partial charge in [0.15, 0.2) is 0 Å². The number of para-hydroxylation sites is 1. The molecule has 26 heavy (non-hydrogen) atoms. The molecule has 0 aliphatic carbocycles. The van der Waals surface area contributed by atoms with E-state index in [4.69, 9.17) is 0 Å². The highest BCUT2D eigenvalue weighted by atomic mass is 32.2. The van der Waals surface area contributed by atoms with Gasteiger partial charge in [-0.2, -0.15) is 13.2 Å². The van der Waals surface area contributed by atoms with Gasteiger partial charge in [0, 0.05) is 6.42 Å². The van der Waals surface area contributed by atoms with Gasteiger partial charge in [0.2, 0.25) is 15.9 Å². The monoisotopic (exact) mass is 386 g/mol.